The van der Waals surface area contributed by atoms with Crippen molar-refractivity contribution in [3.05, 3.63) is 64.5 Å². The number of nitrogens with one attached hydrogen (secondary N) is 1. The molecule has 1 aromatic heterocycles. The van der Waals surface area contributed by atoms with E-state index in [9.17, 15) is 14.0 Å². The van der Waals surface area contributed by atoms with Crippen molar-refractivity contribution >= 4 is 22.5 Å². The summed E-state index contributed by atoms with van der Waals surface area (Å²) in [6, 6.07) is 11.4. The topological polar surface area (TPSA) is 76.5 Å². The highest BCUT2D eigenvalue weighted by Crippen LogP contribution is 2.24. The number of aryl methyl sites for hydroxylation is 1. The number of para-hydroxylation sites is 2. The van der Waals surface area contributed by atoms with Crippen molar-refractivity contribution in [2.24, 2.45) is 5.92 Å². The van der Waals surface area contributed by atoms with Gasteiger partial charge in [0.2, 0.25) is 5.91 Å². The molecule has 1 N–H and O–H groups in total. The monoisotopic (exact) mass is 438 g/mol. The van der Waals surface area contributed by atoms with Crippen LogP contribution < -0.4 is 15.6 Å². The molecule has 3 aromatic rings. The predicted octanol–water partition coefficient (Wildman–Crippen LogP) is 3.20. The normalized spacial score (nSPS) is 15.1. The molecule has 4 rings (SSSR count). The van der Waals surface area contributed by atoms with Crippen LogP contribution in [0.1, 0.15) is 18.7 Å². The van der Waals surface area contributed by atoms with Gasteiger partial charge in [0.25, 0.3) is 5.56 Å². The summed E-state index contributed by atoms with van der Waals surface area (Å²) in [5.41, 5.74) is 0.916. The van der Waals surface area contributed by atoms with Crippen LogP contribution in [0, 0.1) is 18.7 Å². The molecular formula is C24H27FN4O3. The van der Waals surface area contributed by atoms with E-state index in [1.807, 2.05) is 24.3 Å². The van der Waals surface area contributed by atoms with Gasteiger partial charge in [0.05, 0.1) is 30.2 Å². The maximum atomic E-state index is 13.5. The number of hydrogen-bond acceptors (Lipinski definition) is 5. The number of nitrogens with zero attached hydrogens (tertiary/aromatic N) is 3. The van der Waals surface area contributed by atoms with E-state index in [1.54, 1.807) is 18.6 Å². The number of aromatic nitrogens is 2. The second-order valence-electron chi connectivity index (χ2n) is 8.20. The quantitative estimate of drug-likeness (QED) is 0.640. The Balaban J connectivity index is 1.35. The predicted molar refractivity (Wildman–Crippen MR) is 121 cm³/mol. The van der Waals surface area contributed by atoms with E-state index in [0.29, 0.717) is 47.2 Å². The molecule has 168 valence electrons. The Morgan fingerprint density at radius 3 is 2.72 bits per heavy atom. The second-order valence-corrected chi connectivity index (χ2v) is 8.20. The van der Waals surface area contributed by atoms with Crippen LogP contribution >= 0.6 is 0 Å². The van der Waals surface area contributed by atoms with Crippen LogP contribution in [0.3, 0.4) is 0 Å². The summed E-state index contributed by atoms with van der Waals surface area (Å²) in [6.07, 6.45) is 1.77. The van der Waals surface area contributed by atoms with Gasteiger partial charge in [-0.1, -0.05) is 12.1 Å². The molecule has 2 heterocycles. The lowest BCUT2D eigenvalue weighted by atomic mass is 9.96. The Hall–Kier alpha value is -3.26. The van der Waals surface area contributed by atoms with Crippen molar-refractivity contribution < 1.29 is 13.9 Å². The summed E-state index contributed by atoms with van der Waals surface area (Å²) in [7, 11) is 1.58. The molecule has 0 aliphatic carbocycles. The zero-order chi connectivity index (χ0) is 22.7. The maximum absolute atomic E-state index is 13.5. The minimum Gasteiger partial charge on any atom is -0.495 e. The molecule has 2 aromatic carbocycles. The summed E-state index contributed by atoms with van der Waals surface area (Å²) in [6.45, 7) is 4.23. The lowest BCUT2D eigenvalue weighted by molar-refractivity contribution is -0.117. The fraction of sp³-hybridized carbons (Fsp3) is 0.375. The highest BCUT2D eigenvalue weighted by atomic mass is 19.1. The average Bonchev–Trinajstić information content (AvgIpc) is 2.78. The van der Waals surface area contributed by atoms with Crippen molar-refractivity contribution in [2.45, 2.75) is 26.3 Å². The molecule has 32 heavy (non-hydrogen) atoms. The number of methoxy groups -OCH3 is 1. The fourth-order valence-electron chi connectivity index (χ4n) is 4.25. The number of piperidine rings is 1. The third-order valence-electron chi connectivity index (χ3n) is 6.00. The van der Waals surface area contributed by atoms with Gasteiger partial charge in [0.1, 0.15) is 17.4 Å². The smallest absolute Gasteiger partial charge is 0.261 e. The standard InChI is InChI=1S/C24H27FN4O3/c1-16-26-21-13-18(25)7-8-19(21)24(31)29(16)14-17-9-11-28(12-10-17)15-23(30)27-20-5-3-4-6-22(20)32-2/h3-8,13,17H,9-12,14-15H2,1-2H3,(H,27,30). The minimum absolute atomic E-state index is 0.0778. The Bertz CT molecular complexity index is 1190. The van der Waals surface area contributed by atoms with Crippen molar-refractivity contribution in [2.75, 3.05) is 32.1 Å². The third kappa shape index (κ3) is 4.80. The molecule has 0 unspecified atom stereocenters. The van der Waals surface area contributed by atoms with Gasteiger partial charge < -0.3 is 10.1 Å². The summed E-state index contributed by atoms with van der Waals surface area (Å²) in [5.74, 6) is 1.06. The number of amides is 1. The molecule has 1 saturated heterocycles. The van der Waals surface area contributed by atoms with E-state index >= 15 is 0 Å². The summed E-state index contributed by atoms with van der Waals surface area (Å²) >= 11 is 0. The van der Waals surface area contributed by atoms with Gasteiger partial charge in [0.15, 0.2) is 0 Å². The zero-order valence-corrected chi connectivity index (χ0v) is 18.3. The van der Waals surface area contributed by atoms with Crippen molar-refractivity contribution in [1.82, 2.24) is 14.5 Å². The number of anilines is 1. The number of fused-ring (bicyclic) bond motifs is 1. The summed E-state index contributed by atoms with van der Waals surface area (Å²) in [4.78, 5) is 31.9. The Labute approximate surface area is 185 Å². The van der Waals surface area contributed by atoms with E-state index in [1.165, 1.54) is 18.2 Å². The van der Waals surface area contributed by atoms with Gasteiger partial charge in [-0.25, -0.2) is 9.37 Å². The number of likely N-dealkylation sites (tertiary alicyclic amines) is 1. The number of rotatable bonds is 6. The van der Waals surface area contributed by atoms with E-state index in [4.69, 9.17) is 4.74 Å². The van der Waals surface area contributed by atoms with E-state index < -0.39 is 5.82 Å². The SMILES string of the molecule is COc1ccccc1NC(=O)CN1CCC(Cn2c(C)nc3cc(F)ccc3c2=O)CC1. The number of hydrogen-bond donors (Lipinski definition) is 1. The highest BCUT2D eigenvalue weighted by molar-refractivity contribution is 5.93. The van der Waals surface area contributed by atoms with Gasteiger partial charge >= 0.3 is 0 Å². The lowest BCUT2D eigenvalue weighted by Crippen LogP contribution is -2.40. The highest BCUT2D eigenvalue weighted by Gasteiger charge is 2.23. The molecule has 0 saturated carbocycles. The minimum atomic E-state index is -0.399. The van der Waals surface area contributed by atoms with Crippen LogP contribution in [0.5, 0.6) is 5.75 Å². The molecule has 0 spiro atoms. The van der Waals surface area contributed by atoms with E-state index in [-0.39, 0.29) is 11.5 Å². The number of carbonyl (C=O) groups excluding carboxylic acids is 1. The third-order valence-corrected chi connectivity index (χ3v) is 6.00. The molecule has 8 heteroatoms. The van der Waals surface area contributed by atoms with Crippen molar-refractivity contribution in [3.8, 4) is 5.75 Å². The molecule has 7 nitrogen and oxygen atoms in total. The van der Waals surface area contributed by atoms with Crippen LogP contribution in [0.15, 0.2) is 47.3 Å². The molecule has 1 aliphatic rings. The molecule has 0 bridgehead atoms. The second kappa shape index (κ2) is 9.48. The van der Waals surface area contributed by atoms with Gasteiger partial charge in [-0.3, -0.25) is 19.1 Å². The van der Waals surface area contributed by atoms with Gasteiger partial charge in [-0.05, 0) is 63.0 Å². The van der Waals surface area contributed by atoms with Crippen LogP contribution in [-0.4, -0.2) is 47.1 Å². The van der Waals surface area contributed by atoms with Crippen molar-refractivity contribution in [3.63, 3.8) is 0 Å². The molecule has 0 radical (unpaired) electrons. The summed E-state index contributed by atoms with van der Waals surface area (Å²) < 4.78 is 20.4. The number of halogens is 1. The maximum Gasteiger partial charge on any atom is 0.261 e. The molecule has 1 fully saturated rings. The fourth-order valence-corrected chi connectivity index (χ4v) is 4.25. The first-order chi connectivity index (χ1) is 15.4. The van der Waals surface area contributed by atoms with E-state index in [2.05, 4.69) is 15.2 Å². The molecular weight excluding hydrogens is 411 g/mol. The first-order valence-electron chi connectivity index (χ1n) is 10.8. The Morgan fingerprint density at radius 2 is 1.97 bits per heavy atom. The van der Waals surface area contributed by atoms with E-state index in [0.717, 1.165) is 25.9 Å². The molecule has 0 atom stereocenters. The van der Waals surface area contributed by atoms with Gasteiger partial charge in [0, 0.05) is 12.6 Å². The number of carbonyl (C=O) groups is 1. The zero-order valence-electron chi connectivity index (χ0n) is 18.3. The first kappa shape index (κ1) is 22.0. The first-order valence-corrected chi connectivity index (χ1v) is 10.8. The number of ether oxygens (including phenoxy) is 1. The van der Waals surface area contributed by atoms with Crippen LogP contribution in [0.4, 0.5) is 10.1 Å². The Morgan fingerprint density at radius 1 is 1.22 bits per heavy atom. The van der Waals surface area contributed by atoms with Crippen molar-refractivity contribution in [1.29, 1.82) is 0 Å². The Kier molecular flexibility index (Phi) is 6.50. The van der Waals surface area contributed by atoms with Crippen LogP contribution in [0.2, 0.25) is 0 Å². The molecule has 1 aliphatic heterocycles. The molecule has 1 amide bonds. The van der Waals surface area contributed by atoms with Gasteiger partial charge in [-0.2, -0.15) is 0 Å². The largest absolute Gasteiger partial charge is 0.495 e. The lowest BCUT2D eigenvalue weighted by Gasteiger charge is -2.32. The van der Waals surface area contributed by atoms with Crippen LogP contribution in [0.25, 0.3) is 10.9 Å². The average molecular weight is 439 g/mol. The van der Waals surface area contributed by atoms with Crippen LogP contribution in [-0.2, 0) is 11.3 Å². The van der Waals surface area contributed by atoms with Gasteiger partial charge in [-0.15, -0.1) is 0 Å². The summed E-state index contributed by atoms with van der Waals surface area (Å²) in [5, 5.41) is 3.34. The number of benzene rings is 2.